The van der Waals surface area contributed by atoms with E-state index in [4.69, 9.17) is 16.1 Å². The molecule has 0 spiro atoms. The molecule has 4 nitrogen and oxygen atoms in total. The minimum atomic E-state index is -4.40. The van der Waals surface area contributed by atoms with Gasteiger partial charge in [-0.2, -0.15) is 13.2 Å². The van der Waals surface area contributed by atoms with Gasteiger partial charge >= 0.3 is 6.18 Å². The van der Waals surface area contributed by atoms with Gasteiger partial charge in [-0.1, -0.05) is 28.9 Å². The van der Waals surface area contributed by atoms with Crippen molar-refractivity contribution in [3.8, 4) is 0 Å². The number of aromatic nitrogens is 1. The second-order valence-electron chi connectivity index (χ2n) is 5.75. The quantitative estimate of drug-likeness (QED) is 0.796. The lowest BCUT2D eigenvalue weighted by molar-refractivity contribution is -0.138. The molecule has 0 unspecified atom stereocenters. The highest BCUT2D eigenvalue weighted by molar-refractivity contribution is 6.31. The predicted molar refractivity (Wildman–Crippen MR) is 87.5 cm³/mol. The molecule has 1 amide bonds. The van der Waals surface area contributed by atoms with Crippen LogP contribution in [0.2, 0.25) is 5.02 Å². The van der Waals surface area contributed by atoms with Crippen LogP contribution in [-0.4, -0.2) is 23.8 Å². The van der Waals surface area contributed by atoms with E-state index >= 15 is 0 Å². The Balaban J connectivity index is 1.88. The zero-order valence-corrected chi connectivity index (χ0v) is 14.4. The highest BCUT2D eigenvalue weighted by Crippen LogP contribution is 2.21. The molecule has 8 heteroatoms. The number of halogens is 4. The van der Waals surface area contributed by atoms with Gasteiger partial charge in [0.2, 0.25) is 5.91 Å². The Kier molecular flexibility index (Phi) is 6.47. The number of nitrogens with one attached hydrogen (secondary N) is 1. The van der Waals surface area contributed by atoms with Crippen molar-refractivity contribution in [2.45, 2.75) is 38.8 Å². The van der Waals surface area contributed by atoms with Crippen molar-refractivity contribution in [1.82, 2.24) is 10.5 Å². The van der Waals surface area contributed by atoms with Crippen LogP contribution < -0.4 is 5.32 Å². The van der Waals surface area contributed by atoms with Gasteiger partial charge in [0.1, 0.15) is 12.3 Å². The minimum Gasteiger partial charge on any atom is -0.361 e. The number of benzene rings is 1. The van der Waals surface area contributed by atoms with Crippen LogP contribution in [0.25, 0.3) is 0 Å². The number of amides is 1. The summed E-state index contributed by atoms with van der Waals surface area (Å²) in [5.74, 6) is 0.103. The summed E-state index contributed by atoms with van der Waals surface area (Å²) in [5, 5.41) is 6.38. The molecule has 136 valence electrons. The molecule has 2 aromatic rings. The smallest absolute Gasteiger partial charge is 0.361 e. The third-order valence-corrected chi connectivity index (χ3v) is 3.93. The Morgan fingerprint density at radius 1 is 1.24 bits per heavy atom. The number of carbonyl (C=O) groups is 1. The molecule has 0 bridgehead atoms. The molecule has 2 rings (SSSR count). The van der Waals surface area contributed by atoms with E-state index in [2.05, 4.69) is 5.16 Å². The minimum absolute atomic E-state index is 0.0143. The van der Waals surface area contributed by atoms with E-state index in [1.54, 1.807) is 12.1 Å². The van der Waals surface area contributed by atoms with Crippen molar-refractivity contribution in [3.63, 3.8) is 0 Å². The van der Waals surface area contributed by atoms with E-state index in [1.165, 1.54) is 0 Å². The standard InChI is InChI=1S/C17H18ClF3N2O2/c1-11-8-14(23-25-11)5-4-13-9-12(2-6-15(13)18)3-7-16(24)22-10-17(19,20)21/h2,6,8-9H,3-5,7,10H2,1H3,(H,22,24). The van der Waals surface area contributed by atoms with Crippen LogP contribution >= 0.6 is 11.6 Å². The van der Waals surface area contributed by atoms with Crippen LogP contribution in [0.1, 0.15) is 29.0 Å². The van der Waals surface area contributed by atoms with E-state index in [0.29, 0.717) is 24.3 Å². The van der Waals surface area contributed by atoms with Gasteiger partial charge in [0.25, 0.3) is 0 Å². The molecular weight excluding hydrogens is 357 g/mol. The molecule has 0 radical (unpaired) electrons. The second kappa shape index (κ2) is 8.38. The molecule has 0 aliphatic heterocycles. The Bertz CT molecular complexity index is 729. The first-order chi connectivity index (χ1) is 11.7. The number of hydrogen-bond acceptors (Lipinski definition) is 3. The molecule has 0 saturated carbocycles. The fourth-order valence-electron chi connectivity index (χ4n) is 2.32. The fourth-order valence-corrected chi connectivity index (χ4v) is 2.53. The molecule has 1 aromatic carbocycles. The summed E-state index contributed by atoms with van der Waals surface area (Å²) in [5.41, 5.74) is 2.57. The maximum atomic E-state index is 12.1. The van der Waals surface area contributed by atoms with Gasteiger partial charge in [0.15, 0.2) is 0 Å². The fraction of sp³-hybridized carbons (Fsp3) is 0.412. The van der Waals surface area contributed by atoms with Crippen LogP contribution in [0.15, 0.2) is 28.8 Å². The van der Waals surface area contributed by atoms with Crippen molar-refractivity contribution in [1.29, 1.82) is 0 Å². The molecule has 0 atom stereocenters. The third kappa shape index (κ3) is 6.78. The lowest BCUT2D eigenvalue weighted by Crippen LogP contribution is -2.33. The topological polar surface area (TPSA) is 55.1 Å². The van der Waals surface area contributed by atoms with E-state index in [-0.39, 0.29) is 6.42 Å². The molecule has 1 aromatic heterocycles. The SMILES string of the molecule is Cc1cc(CCc2cc(CCC(=O)NCC(F)(F)F)ccc2Cl)no1. The number of alkyl halides is 3. The number of nitrogens with zero attached hydrogens (tertiary/aromatic N) is 1. The van der Waals surface area contributed by atoms with E-state index in [9.17, 15) is 18.0 Å². The Labute approximate surface area is 148 Å². The first-order valence-corrected chi connectivity index (χ1v) is 8.14. The van der Waals surface area contributed by atoms with Crippen molar-refractivity contribution < 1.29 is 22.5 Å². The van der Waals surface area contributed by atoms with Gasteiger partial charge in [0, 0.05) is 17.5 Å². The van der Waals surface area contributed by atoms with Crippen molar-refractivity contribution in [2.75, 3.05) is 6.54 Å². The van der Waals surface area contributed by atoms with Crippen molar-refractivity contribution >= 4 is 17.5 Å². The molecule has 0 aliphatic carbocycles. The number of hydrogen-bond donors (Lipinski definition) is 1. The van der Waals surface area contributed by atoms with E-state index < -0.39 is 18.6 Å². The summed E-state index contributed by atoms with van der Waals surface area (Å²) < 4.78 is 41.2. The Hall–Kier alpha value is -2.02. The maximum absolute atomic E-state index is 12.1. The molecule has 1 heterocycles. The number of rotatable bonds is 7. The van der Waals surface area contributed by atoms with Gasteiger partial charge in [-0.25, -0.2) is 0 Å². The third-order valence-electron chi connectivity index (χ3n) is 3.56. The summed E-state index contributed by atoms with van der Waals surface area (Å²) in [4.78, 5) is 11.5. The lowest BCUT2D eigenvalue weighted by atomic mass is 10.0. The van der Waals surface area contributed by atoms with Crippen molar-refractivity contribution in [3.05, 3.63) is 51.9 Å². The number of carbonyl (C=O) groups excluding carboxylic acids is 1. The second-order valence-corrected chi connectivity index (χ2v) is 6.15. The number of aryl methyl sites for hydroxylation is 4. The van der Waals surface area contributed by atoms with Gasteiger partial charge in [-0.15, -0.1) is 0 Å². The van der Waals surface area contributed by atoms with Crippen LogP contribution in [0, 0.1) is 6.92 Å². The molecule has 1 N–H and O–H groups in total. The van der Waals surface area contributed by atoms with Gasteiger partial charge in [-0.05, 0) is 43.4 Å². The van der Waals surface area contributed by atoms with Crippen LogP contribution in [0.5, 0.6) is 0 Å². The van der Waals surface area contributed by atoms with Crippen molar-refractivity contribution in [2.24, 2.45) is 0 Å². The normalized spacial score (nSPS) is 11.6. The molecule has 0 fully saturated rings. The molecule has 25 heavy (non-hydrogen) atoms. The lowest BCUT2D eigenvalue weighted by Gasteiger charge is -2.09. The van der Waals surface area contributed by atoms with Crippen LogP contribution in [0.4, 0.5) is 13.2 Å². The molecule has 0 aliphatic rings. The monoisotopic (exact) mass is 374 g/mol. The van der Waals surface area contributed by atoms with E-state index in [0.717, 1.165) is 22.6 Å². The molecule has 0 saturated heterocycles. The summed E-state index contributed by atoms with van der Waals surface area (Å²) in [7, 11) is 0. The van der Waals surface area contributed by atoms with Gasteiger partial charge in [0.05, 0.1) is 5.69 Å². The van der Waals surface area contributed by atoms with E-state index in [1.807, 2.05) is 24.4 Å². The molecular formula is C17H18ClF3N2O2. The first kappa shape index (κ1) is 19.3. The first-order valence-electron chi connectivity index (χ1n) is 7.76. The summed E-state index contributed by atoms with van der Waals surface area (Å²) in [6.07, 6.45) is -2.76. The van der Waals surface area contributed by atoms with Gasteiger partial charge in [-0.3, -0.25) is 4.79 Å². The van der Waals surface area contributed by atoms with Crippen LogP contribution in [0.3, 0.4) is 0 Å². The highest BCUT2D eigenvalue weighted by atomic mass is 35.5. The average molecular weight is 375 g/mol. The maximum Gasteiger partial charge on any atom is 0.405 e. The predicted octanol–water partition coefficient (Wildman–Crippen LogP) is 4.03. The largest absolute Gasteiger partial charge is 0.405 e. The Morgan fingerprint density at radius 2 is 2.00 bits per heavy atom. The summed E-state index contributed by atoms with van der Waals surface area (Å²) in [6, 6.07) is 7.21. The van der Waals surface area contributed by atoms with Gasteiger partial charge < -0.3 is 9.84 Å². The zero-order valence-electron chi connectivity index (χ0n) is 13.6. The van der Waals surface area contributed by atoms with Crippen LogP contribution in [-0.2, 0) is 24.1 Å². The highest BCUT2D eigenvalue weighted by Gasteiger charge is 2.27. The summed E-state index contributed by atoms with van der Waals surface area (Å²) >= 11 is 6.18. The summed E-state index contributed by atoms with van der Waals surface area (Å²) in [6.45, 7) is 0.503. The Morgan fingerprint density at radius 3 is 2.64 bits per heavy atom. The zero-order chi connectivity index (χ0) is 18.4. The average Bonchev–Trinajstić information content (AvgIpc) is 2.95.